The molecule has 2 aromatic heterocycles. The molecule has 4 rings (SSSR count). The molecule has 0 saturated carbocycles. The van der Waals surface area contributed by atoms with E-state index in [4.69, 9.17) is 4.74 Å². The summed E-state index contributed by atoms with van der Waals surface area (Å²) >= 11 is 0. The molecule has 1 aliphatic heterocycles. The van der Waals surface area contributed by atoms with Gasteiger partial charge in [-0.1, -0.05) is 6.07 Å². The van der Waals surface area contributed by atoms with Crippen LogP contribution in [0.15, 0.2) is 48.8 Å². The quantitative estimate of drug-likeness (QED) is 0.757. The van der Waals surface area contributed by atoms with E-state index in [0.29, 0.717) is 23.9 Å². The predicted molar refractivity (Wildman–Crippen MR) is 97.0 cm³/mol. The van der Waals surface area contributed by atoms with E-state index in [9.17, 15) is 9.59 Å². The number of aromatic nitrogens is 2. The number of carbonyl (C=O) groups is 2. The highest BCUT2D eigenvalue weighted by Gasteiger charge is 2.32. The van der Waals surface area contributed by atoms with E-state index in [0.717, 1.165) is 10.9 Å². The van der Waals surface area contributed by atoms with E-state index in [-0.39, 0.29) is 24.2 Å². The number of nitrogens with one attached hydrogen (secondary N) is 2. The van der Waals surface area contributed by atoms with Gasteiger partial charge in [-0.05, 0) is 24.3 Å². The van der Waals surface area contributed by atoms with Crippen LogP contribution in [0.5, 0.6) is 11.6 Å². The summed E-state index contributed by atoms with van der Waals surface area (Å²) < 4.78 is 5.84. The monoisotopic (exact) mass is 350 g/mol. The number of hydrogen-bond donors (Lipinski definition) is 2. The summed E-state index contributed by atoms with van der Waals surface area (Å²) in [5, 5.41) is 3.77. The maximum absolute atomic E-state index is 12.2. The SMILES string of the molecule is CN1C[C@H](C(=O)Nc2ccc(Oc3cccc4[nH]ccc34)nc2)CC1=O. The average molecular weight is 350 g/mol. The fourth-order valence-corrected chi connectivity index (χ4v) is 3.06. The van der Waals surface area contributed by atoms with Crippen molar-refractivity contribution >= 4 is 28.4 Å². The highest BCUT2D eigenvalue weighted by molar-refractivity contribution is 5.97. The number of carbonyl (C=O) groups excluding carboxylic acids is 2. The standard InChI is InChI=1S/C19H18N4O3/c1-23-11-12(9-18(23)24)19(25)22-13-5-6-17(21-10-13)26-16-4-2-3-15-14(16)7-8-20-15/h2-8,10,12,20H,9,11H2,1H3,(H,22,25)/t12-/m1/s1. The third-order valence-electron chi connectivity index (χ3n) is 4.49. The first-order valence-electron chi connectivity index (χ1n) is 8.35. The first-order valence-corrected chi connectivity index (χ1v) is 8.35. The molecule has 3 heterocycles. The minimum atomic E-state index is -0.324. The van der Waals surface area contributed by atoms with Crippen LogP contribution in [-0.4, -0.2) is 40.3 Å². The van der Waals surface area contributed by atoms with Crippen molar-refractivity contribution in [3.63, 3.8) is 0 Å². The summed E-state index contributed by atoms with van der Waals surface area (Å²) in [4.78, 5) is 32.7. The Morgan fingerprint density at radius 3 is 2.92 bits per heavy atom. The van der Waals surface area contributed by atoms with Crippen LogP contribution in [0.3, 0.4) is 0 Å². The van der Waals surface area contributed by atoms with Crippen molar-refractivity contribution in [2.24, 2.45) is 5.92 Å². The number of H-pyrrole nitrogens is 1. The van der Waals surface area contributed by atoms with Crippen molar-refractivity contribution in [1.29, 1.82) is 0 Å². The second kappa shape index (κ2) is 6.51. The van der Waals surface area contributed by atoms with E-state index < -0.39 is 0 Å². The minimum Gasteiger partial charge on any atom is -0.438 e. The largest absolute Gasteiger partial charge is 0.438 e. The Hall–Kier alpha value is -3.35. The smallest absolute Gasteiger partial charge is 0.229 e. The fraction of sp³-hybridized carbons (Fsp3) is 0.211. The van der Waals surface area contributed by atoms with Crippen LogP contribution >= 0.6 is 0 Å². The minimum absolute atomic E-state index is 0.00837. The molecule has 26 heavy (non-hydrogen) atoms. The van der Waals surface area contributed by atoms with Crippen molar-refractivity contribution in [3.8, 4) is 11.6 Å². The molecule has 2 amide bonds. The van der Waals surface area contributed by atoms with Gasteiger partial charge in [0.15, 0.2) is 0 Å². The summed E-state index contributed by atoms with van der Waals surface area (Å²) in [5.74, 6) is 0.642. The first-order chi connectivity index (χ1) is 12.6. The second-order valence-corrected chi connectivity index (χ2v) is 6.35. The number of pyridine rings is 1. The van der Waals surface area contributed by atoms with Gasteiger partial charge in [-0.3, -0.25) is 9.59 Å². The van der Waals surface area contributed by atoms with Gasteiger partial charge in [-0.2, -0.15) is 0 Å². The number of hydrogen-bond acceptors (Lipinski definition) is 4. The Morgan fingerprint density at radius 1 is 1.31 bits per heavy atom. The summed E-state index contributed by atoms with van der Waals surface area (Å²) in [6, 6.07) is 11.1. The Balaban J connectivity index is 1.43. The highest BCUT2D eigenvalue weighted by Crippen LogP contribution is 2.28. The molecule has 7 nitrogen and oxygen atoms in total. The van der Waals surface area contributed by atoms with Crippen LogP contribution < -0.4 is 10.1 Å². The Bertz CT molecular complexity index is 964. The lowest BCUT2D eigenvalue weighted by molar-refractivity contribution is -0.127. The molecule has 0 aliphatic carbocycles. The van der Waals surface area contributed by atoms with Crippen LogP contribution in [0.2, 0.25) is 0 Å². The van der Waals surface area contributed by atoms with E-state index in [1.54, 1.807) is 30.3 Å². The first kappa shape index (κ1) is 16.1. The molecule has 1 aliphatic rings. The van der Waals surface area contributed by atoms with Crippen molar-refractivity contribution in [3.05, 3.63) is 48.8 Å². The molecule has 1 atom stereocenters. The second-order valence-electron chi connectivity index (χ2n) is 6.35. The maximum Gasteiger partial charge on any atom is 0.229 e. The Morgan fingerprint density at radius 2 is 2.19 bits per heavy atom. The normalized spacial score (nSPS) is 16.9. The third-order valence-corrected chi connectivity index (χ3v) is 4.49. The predicted octanol–water partition coefficient (Wildman–Crippen LogP) is 2.77. The van der Waals surface area contributed by atoms with Gasteiger partial charge in [-0.25, -0.2) is 4.98 Å². The van der Waals surface area contributed by atoms with E-state index >= 15 is 0 Å². The lowest BCUT2D eigenvalue weighted by atomic mass is 10.1. The van der Waals surface area contributed by atoms with Crippen LogP contribution in [0, 0.1) is 5.92 Å². The van der Waals surface area contributed by atoms with E-state index in [1.165, 1.54) is 0 Å². The van der Waals surface area contributed by atoms with Crippen LogP contribution in [0.1, 0.15) is 6.42 Å². The number of aromatic amines is 1. The zero-order valence-corrected chi connectivity index (χ0v) is 14.2. The van der Waals surface area contributed by atoms with Crippen LogP contribution in [0.4, 0.5) is 5.69 Å². The number of fused-ring (bicyclic) bond motifs is 1. The number of benzene rings is 1. The highest BCUT2D eigenvalue weighted by atomic mass is 16.5. The summed E-state index contributed by atoms with van der Waals surface area (Å²) in [7, 11) is 1.70. The average Bonchev–Trinajstić information content (AvgIpc) is 3.24. The third kappa shape index (κ3) is 3.11. The van der Waals surface area contributed by atoms with Gasteiger partial charge in [0.2, 0.25) is 17.7 Å². The molecule has 3 aromatic rings. The summed E-state index contributed by atoms with van der Waals surface area (Å²) in [6.07, 6.45) is 3.65. The zero-order valence-electron chi connectivity index (χ0n) is 14.2. The number of nitrogens with zero attached hydrogens (tertiary/aromatic N) is 2. The van der Waals surface area contributed by atoms with Gasteiger partial charge < -0.3 is 19.9 Å². The Labute approximate surface area is 150 Å². The number of rotatable bonds is 4. The van der Waals surface area contributed by atoms with Crippen LogP contribution in [-0.2, 0) is 9.59 Å². The molecule has 132 valence electrons. The van der Waals surface area contributed by atoms with Gasteiger partial charge in [-0.15, -0.1) is 0 Å². The van der Waals surface area contributed by atoms with E-state index in [2.05, 4.69) is 15.3 Å². The molecular formula is C19H18N4O3. The van der Waals surface area contributed by atoms with Gasteiger partial charge in [0.1, 0.15) is 5.75 Å². The fourth-order valence-electron chi connectivity index (χ4n) is 3.06. The van der Waals surface area contributed by atoms with Gasteiger partial charge in [0.25, 0.3) is 0 Å². The zero-order chi connectivity index (χ0) is 18.1. The van der Waals surface area contributed by atoms with Crippen LogP contribution in [0.25, 0.3) is 10.9 Å². The molecule has 1 aromatic carbocycles. The number of anilines is 1. The molecule has 0 unspecified atom stereocenters. The lowest BCUT2D eigenvalue weighted by Crippen LogP contribution is -2.25. The number of ether oxygens (including phenoxy) is 1. The molecule has 7 heteroatoms. The Kier molecular flexibility index (Phi) is 4.04. The van der Waals surface area contributed by atoms with Crippen molar-refractivity contribution in [2.45, 2.75) is 6.42 Å². The topological polar surface area (TPSA) is 87.3 Å². The molecule has 0 radical (unpaired) electrons. The number of likely N-dealkylation sites (tertiary alicyclic amines) is 1. The molecule has 1 fully saturated rings. The van der Waals surface area contributed by atoms with E-state index in [1.807, 2.05) is 30.5 Å². The van der Waals surface area contributed by atoms with Gasteiger partial charge >= 0.3 is 0 Å². The molecule has 0 spiro atoms. The molecule has 1 saturated heterocycles. The van der Waals surface area contributed by atoms with Crippen molar-refractivity contribution in [1.82, 2.24) is 14.9 Å². The molecule has 0 bridgehead atoms. The van der Waals surface area contributed by atoms with Gasteiger partial charge in [0.05, 0.1) is 17.8 Å². The maximum atomic E-state index is 12.2. The van der Waals surface area contributed by atoms with Gasteiger partial charge in [0, 0.05) is 43.2 Å². The lowest BCUT2D eigenvalue weighted by Gasteiger charge is -2.11. The summed E-state index contributed by atoms with van der Waals surface area (Å²) in [6.45, 7) is 0.444. The molecular weight excluding hydrogens is 332 g/mol. The van der Waals surface area contributed by atoms with Crippen molar-refractivity contribution in [2.75, 3.05) is 18.9 Å². The molecule has 2 N–H and O–H groups in total. The van der Waals surface area contributed by atoms with Crippen molar-refractivity contribution < 1.29 is 14.3 Å². The number of amides is 2. The summed E-state index contributed by atoms with van der Waals surface area (Å²) in [5.41, 5.74) is 1.56.